The fourth-order valence-corrected chi connectivity index (χ4v) is 4.90. The lowest BCUT2D eigenvalue weighted by atomic mass is 9.95. The Labute approximate surface area is 195 Å². The van der Waals surface area contributed by atoms with Crippen LogP contribution in [0.3, 0.4) is 0 Å². The second-order valence-electron chi connectivity index (χ2n) is 9.08. The van der Waals surface area contributed by atoms with E-state index >= 15 is 0 Å². The van der Waals surface area contributed by atoms with Crippen molar-refractivity contribution in [3.8, 4) is 0 Å². The van der Waals surface area contributed by atoms with E-state index in [2.05, 4.69) is 46.4 Å². The standard InChI is InChI=1S/C25H31FN4OS/c1-18(2)22-23(31)30(17-20-6-4-3-5-7-20)25(28-22)12-14-29(15-13-25)24(32)27-16-19-8-10-21(26)11-9-19/h3-11,18,22,28H,12-17H2,1-2H3,(H,27,32). The summed E-state index contributed by atoms with van der Waals surface area (Å²) in [6.45, 7) is 6.91. The number of benzene rings is 2. The molecule has 2 aliphatic heterocycles. The Morgan fingerprint density at radius 3 is 2.41 bits per heavy atom. The third-order valence-corrected chi connectivity index (χ3v) is 6.96. The van der Waals surface area contributed by atoms with Gasteiger partial charge in [0.05, 0.1) is 11.7 Å². The van der Waals surface area contributed by atoms with Gasteiger partial charge in [-0.1, -0.05) is 56.3 Å². The lowest BCUT2D eigenvalue weighted by Crippen LogP contribution is -2.60. The highest BCUT2D eigenvalue weighted by molar-refractivity contribution is 7.80. The maximum absolute atomic E-state index is 13.3. The van der Waals surface area contributed by atoms with E-state index in [1.165, 1.54) is 12.1 Å². The SMILES string of the molecule is CC(C)C1NC2(CCN(C(=S)NCc3ccc(F)cc3)CC2)N(Cc2ccccc2)C1=O. The van der Waals surface area contributed by atoms with Gasteiger partial charge in [0.25, 0.3) is 0 Å². The molecule has 7 heteroatoms. The largest absolute Gasteiger partial charge is 0.358 e. The molecule has 1 spiro atoms. The Kier molecular flexibility index (Phi) is 6.76. The molecule has 0 aliphatic carbocycles. The van der Waals surface area contributed by atoms with Gasteiger partial charge in [0.1, 0.15) is 5.82 Å². The quantitative estimate of drug-likeness (QED) is 0.676. The van der Waals surface area contributed by atoms with Gasteiger partial charge in [-0.05, 0) is 41.4 Å². The molecule has 0 bridgehead atoms. The number of rotatable bonds is 5. The van der Waals surface area contributed by atoms with Crippen molar-refractivity contribution >= 4 is 23.2 Å². The van der Waals surface area contributed by atoms with E-state index in [1.54, 1.807) is 12.1 Å². The summed E-state index contributed by atoms with van der Waals surface area (Å²) < 4.78 is 13.1. The number of nitrogens with one attached hydrogen (secondary N) is 2. The second kappa shape index (κ2) is 9.55. The Bertz CT molecular complexity index is 942. The average Bonchev–Trinajstić information content (AvgIpc) is 3.06. The van der Waals surface area contributed by atoms with Gasteiger partial charge in [0.15, 0.2) is 5.11 Å². The first-order valence-electron chi connectivity index (χ1n) is 11.3. The van der Waals surface area contributed by atoms with E-state index in [9.17, 15) is 9.18 Å². The lowest BCUT2D eigenvalue weighted by Gasteiger charge is -2.45. The molecule has 2 saturated heterocycles. The Morgan fingerprint density at radius 1 is 1.12 bits per heavy atom. The van der Waals surface area contributed by atoms with E-state index in [1.807, 2.05) is 18.2 Å². The summed E-state index contributed by atoms with van der Waals surface area (Å²) in [4.78, 5) is 17.5. The minimum absolute atomic E-state index is 0.159. The number of carbonyl (C=O) groups excluding carboxylic acids is 1. The first kappa shape index (κ1) is 22.7. The number of likely N-dealkylation sites (tertiary alicyclic amines) is 1. The van der Waals surface area contributed by atoms with Crippen molar-refractivity contribution in [1.29, 1.82) is 0 Å². The molecule has 4 rings (SSSR count). The van der Waals surface area contributed by atoms with E-state index < -0.39 is 0 Å². The number of carbonyl (C=O) groups is 1. The maximum atomic E-state index is 13.3. The number of thiocarbonyl (C=S) groups is 1. The highest BCUT2D eigenvalue weighted by Crippen LogP contribution is 2.35. The summed E-state index contributed by atoms with van der Waals surface area (Å²) in [5, 5.41) is 7.68. The van der Waals surface area contributed by atoms with Crippen LogP contribution in [0.25, 0.3) is 0 Å². The zero-order valence-corrected chi connectivity index (χ0v) is 19.5. The lowest BCUT2D eigenvalue weighted by molar-refractivity contribution is -0.134. The van der Waals surface area contributed by atoms with Crippen LogP contribution >= 0.6 is 12.2 Å². The molecule has 1 unspecified atom stereocenters. The van der Waals surface area contributed by atoms with Gasteiger partial charge < -0.3 is 15.1 Å². The molecule has 2 heterocycles. The van der Waals surface area contributed by atoms with Crippen LogP contribution in [0.1, 0.15) is 37.8 Å². The molecule has 1 amide bonds. The Morgan fingerprint density at radius 2 is 1.78 bits per heavy atom. The minimum Gasteiger partial charge on any atom is -0.358 e. The fraction of sp³-hybridized carbons (Fsp3) is 0.440. The zero-order valence-electron chi connectivity index (χ0n) is 18.7. The number of nitrogens with zero attached hydrogens (tertiary/aromatic N) is 2. The van der Waals surface area contributed by atoms with Crippen molar-refractivity contribution in [1.82, 2.24) is 20.4 Å². The highest BCUT2D eigenvalue weighted by atomic mass is 32.1. The molecule has 5 nitrogen and oxygen atoms in total. The summed E-state index contributed by atoms with van der Waals surface area (Å²) in [6, 6.07) is 16.5. The second-order valence-corrected chi connectivity index (χ2v) is 9.47. The first-order valence-corrected chi connectivity index (χ1v) is 11.7. The van der Waals surface area contributed by atoms with Crippen LogP contribution in [0.5, 0.6) is 0 Å². The molecule has 1 atom stereocenters. The van der Waals surface area contributed by atoms with Crippen molar-refractivity contribution in [3.63, 3.8) is 0 Å². The van der Waals surface area contributed by atoms with Crippen molar-refractivity contribution in [2.45, 2.75) is 51.5 Å². The van der Waals surface area contributed by atoms with Crippen molar-refractivity contribution in [2.75, 3.05) is 13.1 Å². The van der Waals surface area contributed by atoms with Crippen LogP contribution in [-0.4, -0.2) is 45.6 Å². The normalized spacial score (nSPS) is 20.2. The van der Waals surface area contributed by atoms with E-state index in [4.69, 9.17) is 12.2 Å². The smallest absolute Gasteiger partial charge is 0.241 e. The zero-order chi connectivity index (χ0) is 22.7. The molecular formula is C25H31FN4OS. The third-order valence-electron chi connectivity index (χ3n) is 6.56. The average molecular weight is 455 g/mol. The van der Waals surface area contributed by atoms with Crippen LogP contribution in [0.15, 0.2) is 54.6 Å². The van der Waals surface area contributed by atoms with Gasteiger partial charge >= 0.3 is 0 Å². The molecule has 170 valence electrons. The van der Waals surface area contributed by atoms with Gasteiger partial charge in [-0.2, -0.15) is 0 Å². The van der Waals surface area contributed by atoms with E-state index in [0.717, 1.165) is 37.1 Å². The number of hydrogen-bond acceptors (Lipinski definition) is 3. The van der Waals surface area contributed by atoms with Crippen molar-refractivity contribution < 1.29 is 9.18 Å². The van der Waals surface area contributed by atoms with Gasteiger partial charge in [0.2, 0.25) is 5.91 Å². The van der Waals surface area contributed by atoms with Gasteiger partial charge in [-0.15, -0.1) is 0 Å². The predicted molar refractivity (Wildman–Crippen MR) is 128 cm³/mol. The van der Waals surface area contributed by atoms with Crippen LogP contribution in [0, 0.1) is 11.7 Å². The van der Waals surface area contributed by atoms with Crippen LogP contribution in [0.4, 0.5) is 4.39 Å². The number of amides is 1. The molecule has 2 aromatic carbocycles. The first-order chi connectivity index (χ1) is 15.4. The van der Waals surface area contributed by atoms with Gasteiger partial charge in [-0.25, -0.2) is 4.39 Å². The molecule has 32 heavy (non-hydrogen) atoms. The maximum Gasteiger partial charge on any atom is 0.241 e. The number of piperidine rings is 1. The van der Waals surface area contributed by atoms with Crippen LogP contribution < -0.4 is 10.6 Å². The summed E-state index contributed by atoms with van der Waals surface area (Å²) >= 11 is 5.62. The van der Waals surface area contributed by atoms with Crippen molar-refractivity contribution in [2.24, 2.45) is 5.92 Å². The molecule has 0 aromatic heterocycles. The predicted octanol–water partition coefficient (Wildman–Crippen LogP) is 3.65. The molecule has 0 saturated carbocycles. The topological polar surface area (TPSA) is 47.6 Å². The van der Waals surface area contributed by atoms with Crippen molar-refractivity contribution in [3.05, 3.63) is 71.5 Å². The Balaban J connectivity index is 1.41. The van der Waals surface area contributed by atoms with Gasteiger partial charge in [-0.3, -0.25) is 10.1 Å². The highest BCUT2D eigenvalue weighted by Gasteiger charge is 2.52. The summed E-state index contributed by atoms with van der Waals surface area (Å²) in [7, 11) is 0. The van der Waals surface area contributed by atoms with E-state index in [0.29, 0.717) is 18.2 Å². The van der Waals surface area contributed by atoms with E-state index in [-0.39, 0.29) is 29.3 Å². The van der Waals surface area contributed by atoms with Crippen LogP contribution in [-0.2, 0) is 17.9 Å². The summed E-state index contributed by atoms with van der Waals surface area (Å²) in [5.41, 5.74) is 1.79. The molecule has 2 N–H and O–H groups in total. The van der Waals surface area contributed by atoms with Gasteiger partial charge in [0, 0.05) is 39.0 Å². The summed E-state index contributed by atoms with van der Waals surface area (Å²) in [5.74, 6) is 0.182. The monoisotopic (exact) mass is 454 g/mol. The molecule has 2 aromatic rings. The Hall–Kier alpha value is -2.51. The third kappa shape index (κ3) is 4.79. The summed E-state index contributed by atoms with van der Waals surface area (Å²) in [6.07, 6.45) is 1.63. The number of halogens is 1. The number of hydrogen-bond donors (Lipinski definition) is 2. The molecule has 2 fully saturated rings. The van der Waals surface area contributed by atoms with Crippen LogP contribution in [0.2, 0.25) is 0 Å². The molecule has 0 radical (unpaired) electrons. The minimum atomic E-state index is -0.342. The fourth-order valence-electron chi connectivity index (χ4n) is 4.64. The molecule has 2 aliphatic rings. The molecular weight excluding hydrogens is 423 g/mol.